The highest BCUT2D eigenvalue weighted by atomic mass is 32.1. The van der Waals surface area contributed by atoms with E-state index in [2.05, 4.69) is 146 Å². The topological polar surface area (TPSA) is 796 Å². The van der Waals surface area contributed by atoms with Crippen molar-refractivity contribution in [3.63, 3.8) is 0 Å². The highest BCUT2D eigenvalue weighted by molar-refractivity contribution is 7.80. The van der Waals surface area contributed by atoms with Crippen molar-refractivity contribution in [2.75, 3.05) is 62.3 Å². The zero-order valence-corrected chi connectivity index (χ0v) is 74.2. The van der Waals surface area contributed by atoms with E-state index in [1.807, 2.05) is 0 Å². The van der Waals surface area contributed by atoms with E-state index in [1.54, 1.807) is 13.8 Å². The van der Waals surface area contributed by atoms with E-state index in [9.17, 15) is 121 Å². The lowest BCUT2D eigenvalue weighted by Crippen LogP contribution is -2.61. The molecule has 0 saturated carbocycles. The number of carboxylic acids is 3. The van der Waals surface area contributed by atoms with Crippen LogP contribution in [0.2, 0.25) is 0 Å². The molecule has 54 heteroatoms. The summed E-state index contributed by atoms with van der Waals surface area (Å²) < 4.78 is 0. The van der Waals surface area contributed by atoms with Gasteiger partial charge in [0.05, 0.1) is 32.3 Å². The number of carbonyl (C=O) groups excluding carboxylic acids is 17. The van der Waals surface area contributed by atoms with Crippen molar-refractivity contribution in [1.82, 2.24) is 105 Å². The summed E-state index contributed by atoms with van der Waals surface area (Å²) in [6.45, 7) is 2.15. The summed E-state index contributed by atoms with van der Waals surface area (Å²) in [5.74, 6) is -25.8. The number of aromatic hydroxyl groups is 1. The standard InChI is InChI=1S/C75H115N25O25S4/c1-4-35(2)58(71(123)95-48(30-126)59(76)111)98-62(114)42(17-18-55(105)106)89-70(122)53-12-7-21-99(53)72(124)45(24-38-27-81-34-85-38)92-64(116)44(25-56(107)108)91-63(115)43(23-37-13-15-39(103)16-14-37)90-60(112)40(9-5-19-82-74(77)78)87-67(119)50(32-128)96-61(113)41(10-6-20-83-75(79)80)88-69(121)52-11-8-22-100(52)73(125)46(26-57(109)110)93-65(117)47(29-101)94-68(120)51(33-129)97-66(118)49(31-127)86-54(104)28-84-36(3)102/h13-16,27,34-35,40-53,58,101,103,126-129H,4-12,17-26,28-33H2,1-3H3,(H2,76,111)(H,81,85)(H,84,102)(H,86,104)(H,87,119)(H,88,121)(H,89,122)(H,90,112)(H,91,115)(H,92,116)(H,93,117)(H,94,120)(H,95,123)(H,96,113)(H,97,118)(H,98,114)(H,105,106)(H,107,108)(H,109,110)(H4,77,78,82)(H4,79,80,83)/t35-,40-,41-,42-,43-,44-,45-,46-,47-,48-,49-,50-,51-,52-,53-,58-/m0/s1. The maximum Gasteiger partial charge on any atom is 0.305 e. The van der Waals surface area contributed by atoms with Crippen molar-refractivity contribution in [3.05, 3.63) is 48.0 Å². The molecule has 17 amide bonds. The van der Waals surface area contributed by atoms with Gasteiger partial charge in [0.2, 0.25) is 100 Å². The van der Waals surface area contributed by atoms with Gasteiger partial charge in [-0.3, -0.25) is 107 Å². The molecule has 0 bridgehead atoms. The molecular weight excluding hydrogens is 1780 g/mol. The van der Waals surface area contributed by atoms with Gasteiger partial charge in [-0.25, -0.2) is 4.98 Å². The Bertz CT molecular complexity index is 4310. The van der Waals surface area contributed by atoms with E-state index >= 15 is 0 Å². The molecule has 1 aromatic carbocycles. The summed E-state index contributed by atoms with van der Waals surface area (Å²) in [4.78, 5) is 281. The molecule has 0 spiro atoms. The highest BCUT2D eigenvalue weighted by Gasteiger charge is 2.45. The van der Waals surface area contributed by atoms with Gasteiger partial charge in [-0.1, -0.05) is 32.4 Å². The molecule has 16 atom stereocenters. The molecule has 1 aromatic heterocycles. The van der Waals surface area contributed by atoms with Gasteiger partial charge in [0, 0.05) is 87.3 Å². The molecule has 0 unspecified atom stereocenters. The normalized spacial score (nSPS) is 16.6. The summed E-state index contributed by atoms with van der Waals surface area (Å²) in [5, 5.41) is 104. The van der Waals surface area contributed by atoms with Crippen LogP contribution in [0.25, 0.3) is 0 Å². The number of hydrogen-bond acceptors (Lipinski definition) is 29. The molecule has 2 aliphatic rings. The van der Waals surface area contributed by atoms with Crippen molar-refractivity contribution in [1.29, 1.82) is 10.8 Å². The zero-order valence-electron chi connectivity index (χ0n) is 70.6. The molecule has 0 radical (unpaired) electrons. The number of carbonyl (C=O) groups is 20. The van der Waals surface area contributed by atoms with Crippen LogP contribution in [0.3, 0.4) is 0 Å². The number of guanidine groups is 2. The van der Waals surface area contributed by atoms with Crippen LogP contribution in [0, 0.1) is 16.7 Å². The molecule has 2 aliphatic heterocycles. The van der Waals surface area contributed by atoms with Gasteiger partial charge < -0.3 is 143 Å². The number of nitrogens with two attached hydrogens (primary N) is 3. The molecule has 2 aromatic rings. The number of nitrogens with one attached hydrogen (secondary N) is 19. The van der Waals surface area contributed by atoms with Crippen LogP contribution in [-0.4, -0.2) is 329 Å². The van der Waals surface area contributed by atoms with Crippen LogP contribution in [0.5, 0.6) is 5.75 Å². The number of primary amides is 1. The van der Waals surface area contributed by atoms with Crippen LogP contribution in [0.15, 0.2) is 36.8 Å². The quantitative estimate of drug-likeness (QED) is 0.0127. The van der Waals surface area contributed by atoms with Crippen molar-refractivity contribution in [2.24, 2.45) is 23.1 Å². The number of imidazole rings is 1. The second kappa shape index (κ2) is 55.3. The van der Waals surface area contributed by atoms with Crippen molar-refractivity contribution < 1.29 is 121 Å². The smallest absolute Gasteiger partial charge is 0.305 e. The van der Waals surface area contributed by atoms with Gasteiger partial charge in [-0.2, -0.15) is 50.5 Å². The third-order valence-electron chi connectivity index (χ3n) is 20.2. The summed E-state index contributed by atoms with van der Waals surface area (Å²) in [6.07, 6.45) is -2.45. The monoisotopic (exact) mass is 1890 g/mol. The Morgan fingerprint density at radius 3 is 1.35 bits per heavy atom. The number of carboxylic acid groups (broad SMARTS) is 3. The largest absolute Gasteiger partial charge is 0.508 e. The first-order chi connectivity index (χ1) is 61.0. The molecule has 30 N–H and O–H groups in total. The van der Waals surface area contributed by atoms with Crippen LogP contribution in [0.4, 0.5) is 0 Å². The molecule has 2 saturated heterocycles. The van der Waals surface area contributed by atoms with Crippen LogP contribution in [-0.2, 0) is 109 Å². The Kier molecular flexibility index (Phi) is 46.7. The van der Waals surface area contributed by atoms with E-state index < -0.39 is 290 Å². The number of benzene rings is 1. The number of aromatic amines is 1. The van der Waals surface area contributed by atoms with Gasteiger partial charge >= 0.3 is 17.9 Å². The number of amides is 17. The number of aliphatic hydroxyl groups is 1. The average Bonchev–Trinajstić information content (AvgIpc) is 1.72. The minimum atomic E-state index is -2.12. The predicted molar refractivity (Wildman–Crippen MR) is 468 cm³/mol. The summed E-state index contributed by atoms with van der Waals surface area (Å²) in [7, 11) is 0. The zero-order chi connectivity index (χ0) is 96.5. The highest BCUT2D eigenvalue weighted by Crippen LogP contribution is 2.24. The number of nitrogens with zero attached hydrogens (tertiary/aromatic N) is 3. The Hall–Kier alpha value is -12.5. The number of rotatable bonds is 56. The lowest BCUT2D eigenvalue weighted by molar-refractivity contribution is -0.146. The first kappa shape index (κ1) is 109. The number of phenols is 1. The number of phenolic OH excluding ortho intramolecular Hbond substituents is 1. The first-order valence-corrected chi connectivity index (χ1v) is 43.2. The molecular formula is C75H115N25O25S4. The average molecular weight is 1900 g/mol. The summed E-state index contributed by atoms with van der Waals surface area (Å²) in [6, 6.07) is -19.7. The number of aliphatic hydroxyl groups excluding tert-OH is 1. The minimum Gasteiger partial charge on any atom is -0.508 e. The van der Waals surface area contributed by atoms with E-state index in [0.717, 1.165) is 16.7 Å². The van der Waals surface area contributed by atoms with Gasteiger partial charge in [-0.15, -0.1) is 0 Å². The van der Waals surface area contributed by atoms with Gasteiger partial charge in [0.1, 0.15) is 96.4 Å². The van der Waals surface area contributed by atoms with Crippen molar-refractivity contribution >= 4 is 181 Å². The molecule has 714 valence electrons. The Balaban J connectivity index is 1.63. The molecule has 3 heterocycles. The fraction of sp³-hybridized carbons (Fsp3) is 0.587. The molecule has 129 heavy (non-hydrogen) atoms. The Labute approximate surface area is 761 Å². The number of aromatic nitrogens is 2. The third kappa shape index (κ3) is 37.0. The van der Waals surface area contributed by atoms with Crippen LogP contribution in [0.1, 0.15) is 115 Å². The summed E-state index contributed by atoms with van der Waals surface area (Å²) >= 11 is 16.5. The second-order valence-electron chi connectivity index (χ2n) is 30.0. The van der Waals surface area contributed by atoms with Crippen molar-refractivity contribution in [2.45, 2.75) is 208 Å². The maximum absolute atomic E-state index is 15.0. The number of likely N-dealkylation sites (tertiary alicyclic amines) is 2. The number of thiol groups is 4. The van der Waals surface area contributed by atoms with Gasteiger partial charge in [0.15, 0.2) is 11.9 Å². The fourth-order valence-corrected chi connectivity index (χ4v) is 14.2. The van der Waals surface area contributed by atoms with Crippen LogP contribution >= 0.6 is 50.5 Å². The SMILES string of the molecule is CC[C@H](C)[C@H](NC(=O)[C@H](CCC(=O)O)NC(=O)[C@@H]1CCCN1C(=O)[C@H](Cc1cnc[nH]1)NC(=O)[C@H](CC(=O)O)NC(=O)[C@H](Cc1ccc(O)cc1)NC(=O)[C@H](CCCNC(=N)N)NC(=O)[C@H](CS)NC(=O)[C@H](CCCNC(=N)N)NC(=O)[C@@H]1CCCN1C(=O)[C@H](CC(=O)O)NC(=O)[C@H](CO)NC(=O)[C@H](CS)NC(=O)[C@H](CS)NC(=O)CNC(C)=O)C(=O)N[C@@H](CS)C(N)=O. The second-order valence-corrected chi connectivity index (χ2v) is 31.5. The van der Waals surface area contributed by atoms with Crippen molar-refractivity contribution in [3.8, 4) is 5.75 Å². The Morgan fingerprint density at radius 2 is 0.891 bits per heavy atom. The number of aliphatic carboxylic acids is 3. The number of H-pyrrole nitrogens is 1. The molecule has 50 nitrogen and oxygen atoms in total. The lowest BCUT2D eigenvalue weighted by Gasteiger charge is -2.31. The fourth-order valence-electron chi connectivity index (χ4n) is 13.2. The van der Waals surface area contributed by atoms with E-state index in [0.29, 0.717) is 6.42 Å². The van der Waals surface area contributed by atoms with Gasteiger partial charge in [-0.05, 0) is 81.4 Å². The molecule has 2 fully saturated rings. The first-order valence-electron chi connectivity index (χ1n) is 40.7. The van der Waals surface area contributed by atoms with Crippen LogP contribution < -0.4 is 102 Å². The van der Waals surface area contributed by atoms with E-state index in [1.165, 1.54) is 36.8 Å². The molecule has 4 rings (SSSR count). The third-order valence-corrected chi connectivity index (χ3v) is 21.7. The Morgan fingerprint density at radius 1 is 0.488 bits per heavy atom. The van der Waals surface area contributed by atoms with Gasteiger partial charge in [0.25, 0.3) is 0 Å². The lowest BCUT2D eigenvalue weighted by atomic mass is 9.97. The molecule has 0 aliphatic carbocycles. The number of hydrogen-bond donors (Lipinski definition) is 31. The van der Waals surface area contributed by atoms with E-state index in [-0.39, 0.29) is 106 Å². The summed E-state index contributed by atoms with van der Waals surface area (Å²) in [5.41, 5.74) is 16.9. The minimum absolute atomic E-state index is 0.0421. The maximum atomic E-state index is 15.0. The van der Waals surface area contributed by atoms with E-state index in [4.69, 9.17) is 28.0 Å². The predicted octanol–water partition coefficient (Wildman–Crippen LogP) is -10.1.